The number of nitrogens with zero attached hydrogens (tertiary/aromatic N) is 6. The standard InChI is InChI=1S/C32H30F7N7O2/c33-22-7-5-21(6-8-22)30(10-3-11-31(34,35)36)27(48)46(28(40)43-30)16-19-4-9-24(32(37,38)39)23(14-19)26(47)45-17-20-15-41-29(42-25(20)18-45)44-12-1-2-13-44/h4-9,14-15H,1-3,10-13,16-18H2,(H2,40,43)/t30-/m1/s1. The first-order chi connectivity index (χ1) is 22.6. The number of carbonyl (C=O) groups is 2. The van der Waals surface area contributed by atoms with E-state index in [4.69, 9.17) is 5.73 Å². The first kappa shape index (κ1) is 33.2. The minimum absolute atomic E-state index is 0.00168. The average Bonchev–Trinajstić information content (AvgIpc) is 3.76. The predicted octanol–water partition coefficient (Wildman–Crippen LogP) is 5.68. The normalized spacial score (nSPS) is 19.7. The van der Waals surface area contributed by atoms with Crippen LogP contribution in [0.4, 0.5) is 36.7 Å². The van der Waals surface area contributed by atoms with Crippen molar-refractivity contribution in [2.45, 2.75) is 69.6 Å². The fourth-order valence-electron chi connectivity index (χ4n) is 6.37. The fourth-order valence-corrected chi connectivity index (χ4v) is 6.37. The number of aromatic nitrogens is 2. The van der Waals surface area contributed by atoms with E-state index in [2.05, 4.69) is 15.0 Å². The monoisotopic (exact) mass is 677 g/mol. The van der Waals surface area contributed by atoms with Crippen molar-refractivity contribution >= 4 is 23.7 Å². The minimum Gasteiger partial charge on any atom is -0.369 e. The number of guanidine groups is 1. The number of amides is 2. The number of anilines is 1. The Balaban J connectivity index is 1.27. The number of hydrogen-bond acceptors (Lipinski definition) is 7. The lowest BCUT2D eigenvalue weighted by atomic mass is 9.84. The molecule has 16 heteroatoms. The molecular formula is C32H30F7N7O2. The van der Waals surface area contributed by atoms with Crippen LogP contribution in [0, 0.1) is 5.82 Å². The third-order valence-electron chi connectivity index (χ3n) is 8.78. The second kappa shape index (κ2) is 12.4. The molecule has 2 aromatic carbocycles. The first-order valence-electron chi connectivity index (χ1n) is 15.2. The van der Waals surface area contributed by atoms with Gasteiger partial charge >= 0.3 is 12.4 Å². The molecule has 0 aliphatic carbocycles. The van der Waals surface area contributed by atoms with Crippen molar-refractivity contribution < 1.29 is 40.3 Å². The van der Waals surface area contributed by atoms with E-state index in [9.17, 15) is 40.3 Å². The number of fused-ring (bicyclic) bond motifs is 1. The summed E-state index contributed by atoms with van der Waals surface area (Å²) in [6.45, 7) is 1.12. The largest absolute Gasteiger partial charge is 0.417 e. The van der Waals surface area contributed by atoms with Gasteiger partial charge in [0.25, 0.3) is 11.8 Å². The number of hydrogen-bond donors (Lipinski definition) is 1. The summed E-state index contributed by atoms with van der Waals surface area (Å²) >= 11 is 0. The molecule has 9 nitrogen and oxygen atoms in total. The number of alkyl halides is 6. The molecule has 6 rings (SSSR count). The maximum absolute atomic E-state index is 14.2. The predicted molar refractivity (Wildman–Crippen MR) is 159 cm³/mol. The molecule has 2 amide bonds. The molecule has 0 saturated carbocycles. The highest BCUT2D eigenvalue weighted by Gasteiger charge is 2.49. The van der Waals surface area contributed by atoms with E-state index in [1.54, 1.807) is 6.20 Å². The summed E-state index contributed by atoms with van der Waals surface area (Å²) in [5.41, 5.74) is 3.71. The van der Waals surface area contributed by atoms with E-state index >= 15 is 0 Å². The van der Waals surface area contributed by atoms with Gasteiger partial charge in [0.2, 0.25) is 5.95 Å². The molecule has 1 aromatic heterocycles. The summed E-state index contributed by atoms with van der Waals surface area (Å²) in [5.74, 6) is -2.27. The van der Waals surface area contributed by atoms with E-state index in [0.29, 0.717) is 17.2 Å². The maximum Gasteiger partial charge on any atom is 0.417 e. The van der Waals surface area contributed by atoms with E-state index in [1.807, 2.05) is 4.90 Å². The Morgan fingerprint density at radius 1 is 0.979 bits per heavy atom. The third kappa shape index (κ3) is 6.52. The van der Waals surface area contributed by atoms with Crippen molar-refractivity contribution in [2.24, 2.45) is 10.7 Å². The van der Waals surface area contributed by atoms with Crippen LogP contribution in [0.2, 0.25) is 0 Å². The van der Waals surface area contributed by atoms with Gasteiger partial charge in [-0.3, -0.25) is 14.5 Å². The van der Waals surface area contributed by atoms with Crippen molar-refractivity contribution in [3.05, 3.63) is 88.0 Å². The van der Waals surface area contributed by atoms with Gasteiger partial charge in [-0.2, -0.15) is 26.3 Å². The molecule has 3 aliphatic rings. The molecule has 2 N–H and O–H groups in total. The quantitative estimate of drug-likeness (QED) is 0.308. The second-order valence-corrected chi connectivity index (χ2v) is 12.1. The van der Waals surface area contributed by atoms with Crippen LogP contribution in [0.1, 0.15) is 70.4 Å². The maximum atomic E-state index is 14.2. The Morgan fingerprint density at radius 2 is 1.69 bits per heavy atom. The van der Waals surface area contributed by atoms with E-state index in [0.717, 1.165) is 61.2 Å². The van der Waals surface area contributed by atoms with Crippen LogP contribution in [-0.4, -0.2) is 56.8 Å². The molecule has 1 fully saturated rings. The number of benzene rings is 2. The van der Waals surface area contributed by atoms with Gasteiger partial charge in [0, 0.05) is 37.8 Å². The highest BCUT2D eigenvalue weighted by molar-refractivity contribution is 6.07. The summed E-state index contributed by atoms with van der Waals surface area (Å²) in [4.78, 5) is 44.9. The average molecular weight is 678 g/mol. The second-order valence-electron chi connectivity index (χ2n) is 12.1. The molecular weight excluding hydrogens is 647 g/mol. The Bertz CT molecular complexity index is 1750. The van der Waals surface area contributed by atoms with E-state index in [-0.39, 0.29) is 30.2 Å². The Morgan fingerprint density at radius 3 is 2.35 bits per heavy atom. The lowest BCUT2D eigenvalue weighted by molar-refractivity contribution is -0.139. The molecule has 4 heterocycles. The van der Waals surface area contributed by atoms with Crippen LogP contribution in [0.15, 0.2) is 53.7 Å². The molecule has 0 spiro atoms. The Hall–Kier alpha value is -4.76. The summed E-state index contributed by atoms with van der Waals surface area (Å²) in [6, 6.07) is 7.37. The van der Waals surface area contributed by atoms with Crippen LogP contribution in [-0.2, 0) is 36.1 Å². The number of halogens is 7. The van der Waals surface area contributed by atoms with E-state index in [1.165, 1.54) is 17.0 Å². The van der Waals surface area contributed by atoms with Gasteiger partial charge in [0.15, 0.2) is 11.5 Å². The van der Waals surface area contributed by atoms with Gasteiger partial charge < -0.3 is 15.5 Å². The van der Waals surface area contributed by atoms with Crippen LogP contribution in [0.5, 0.6) is 0 Å². The fraction of sp³-hybridized carbons (Fsp3) is 0.406. The van der Waals surface area contributed by atoms with Crippen LogP contribution < -0.4 is 10.6 Å². The van der Waals surface area contributed by atoms with Gasteiger partial charge in [0.1, 0.15) is 5.82 Å². The highest BCUT2D eigenvalue weighted by atomic mass is 19.4. The molecule has 48 heavy (non-hydrogen) atoms. The van der Waals surface area contributed by atoms with Crippen molar-refractivity contribution in [1.29, 1.82) is 0 Å². The number of rotatable bonds is 8. The zero-order chi connectivity index (χ0) is 34.4. The lowest BCUT2D eigenvalue weighted by Crippen LogP contribution is -2.42. The molecule has 3 aromatic rings. The van der Waals surface area contributed by atoms with Gasteiger partial charge in [0.05, 0.1) is 29.9 Å². The van der Waals surface area contributed by atoms with Crippen molar-refractivity contribution in [3.63, 3.8) is 0 Å². The smallest absolute Gasteiger partial charge is 0.369 e. The SMILES string of the molecule is NC1=N[C@](CCCC(F)(F)F)(c2ccc(F)cc2)C(=O)N1Cc1ccc(C(F)(F)F)c(C(=O)N2Cc3cnc(N4CCCC4)nc3C2)c1. The zero-order valence-electron chi connectivity index (χ0n) is 25.4. The number of carbonyl (C=O) groups excluding carboxylic acids is 2. The van der Waals surface area contributed by atoms with Crippen LogP contribution in [0.3, 0.4) is 0 Å². The van der Waals surface area contributed by atoms with Crippen LogP contribution >= 0.6 is 0 Å². The third-order valence-corrected chi connectivity index (χ3v) is 8.78. The van der Waals surface area contributed by atoms with Gasteiger partial charge in [-0.25, -0.2) is 19.4 Å². The zero-order valence-corrected chi connectivity index (χ0v) is 25.4. The van der Waals surface area contributed by atoms with Crippen molar-refractivity contribution in [3.8, 4) is 0 Å². The summed E-state index contributed by atoms with van der Waals surface area (Å²) in [6.07, 6.45) is -7.97. The molecule has 1 saturated heterocycles. The first-order valence-corrected chi connectivity index (χ1v) is 15.2. The van der Waals surface area contributed by atoms with Gasteiger partial charge in [-0.1, -0.05) is 18.2 Å². The molecule has 254 valence electrons. The van der Waals surface area contributed by atoms with Crippen molar-refractivity contribution in [1.82, 2.24) is 19.8 Å². The van der Waals surface area contributed by atoms with Gasteiger partial charge in [-0.05, 0) is 61.1 Å². The topological polar surface area (TPSA) is 108 Å². The Labute approximate surface area is 270 Å². The highest BCUT2D eigenvalue weighted by Crippen LogP contribution is 2.40. The molecule has 1 atom stereocenters. The number of aliphatic imine (C=N–C) groups is 1. The van der Waals surface area contributed by atoms with Crippen LogP contribution in [0.25, 0.3) is 0 Å². The molecule has 3 aliphatic heterocycles. The Kier molecular flexibility index (Phi) is 8.54. The minimum atomic E-state index is -4.89. The number of nitrogens with two attached hydrogens (primary N) is 1. The summed E-state index contributed by atoms with van der Waals surface area (Å²) in [5, 5.41) is 0. The lowest BCUT2D eigenvalue weighted by Gasteiger charge is -2.27. The van der Waals surface area contributed by atoms with E-state index < -0.39 is 72.5 Å². The molecule has 0 bridgehead atoms. The van der Waals surface area contributed by atoms with Gasteiger partial charge in [-0.15, -0.1) is 0 Å². The van der Waals surface area contributed by atoms with Crippen molar-refractivity contribution in [2.75, 3.05) is 18.0 Å². The molecule has 0 unspecified atom stereocenters. The summed E-state index contributed by atoms with van der Waals surface area (Å²) < 4.78 is 95.2. The molecule has 0 radical (unpaired) electrons. The summed E-state index contributed by atoms with van der Waals surface area (Å²) in [7, 11) is 0.